The molecule has 0 unspecified atom stereocenters. The molecule has 3 saturated heterocycles. The minimum Gasteiger partial charge on any atom is -0.376 e. The smallest absolute Gasteiger partial charge is 0.328 e. The van der Waals surface area contributed by atoms with Crippen LogP contribution in [0, 0.1) is 5.41 Å². The molecule has 1 spiro atoms. The summed E-state index contributed by atoms with van der Waals surface area (Å²) in [5, 5.41) is 0. The van der Waals surface area contributed by atoms with E-state index >= 15 is 0 Å². The number of amides is 2. The molecule has 158 valence electrons. The van der Waals surface area contributed by atoms with Crippen molar-refractivity contribution in [3.8, 4) is 0 Å². The van der Waals surface area contributed by atoms with E-state index in [9.17, 15) is 19.2 Å². The van der Waals surface area contributed by atoms with Gasteiger partial charge in [-0.05, 0) is 37.5 Å². The molecule has 3 aliphatic rings. The second-order valence-corrected chi connectivity index (χ2v) is 8.53. The van der Waals surface area contributed by atoms with Gasteiger partial charge in [0.05, 0.1) is 6.10 Å². The molecule has 0 aliphatic carbocycles. The quantitative estimate of drug-likeness (QED) is 0.757. The number of carbonyl (C=O) groups is 2. The van der Waals surface area contributed by atoms with Crippen molar-refractivity contribution >= 4 is 11.8 Å². The largest absolute Gasteiger partial charge is 0.376 e. The molecule has 3 fully saturated rings. The summed E-state index contributed by atoms with van der Waals surface area (Å²) in [4.78, 5) is 53.9. The molecule has 0 aromatic carbocycles. The highest BCUT2D eigenvalue weighted by molar-refractivity contribution is 5.77. The number of nitrogens with one attached hydrogen (secondary N) is 1. The highest BCUT2D eigenvalue weighted by atomic mass is 16.5. The number of hydrogen-bond donors (Lipinski definition) is 1. The van der Waals surface area contributed by atoms with Gasteiger partial charge in [0.15, 0.2) is 0 Å². The van der Waals surface area contributed by atoms with Gasteiger partial charge in [-0.15, -0.1) is 0 Å². The summed E-state index contributed by atoms with van der Waals surface area (Å²) in [6.07, 6.45) is 6.73. The Hall–Kier alpha value is -2.42. The number of ether oxygens (including phenoxy) is 1. The van der Waals surface area contributed by atoms with Crippen LogP contribution in [0.15, 0.2) is 21.9 Å². The monoisotopic (exact) mass is 404 g/mol. The van der Waals surface area contributed by atoms with Gasteiger partial charge in [-0.3, -0.25) is 23.9 Å². The van der Waals surface area contributed by atoms with Crippen LogP contribution < -0.4 is 11.2 Å². The van der Waals surface area contributed by atoms with E-state index in [0.29, 0.717) is 26.1 Å². The Labute approximate surface area is 168 Å². The lowest BCUT2D eigenvalue weighted by Crippen LogP contribution is -2.54. The summed E-state index contributed by atoms with van der Waals surface area (Å²) >= 11 is 0. The fraction of sp³-hybridized carbons (Fsp3) is 0.700. The van der Waals surface area contributed by atoms with Crippen LogP contribution in [0.3, 0.4) is 0 Å². The van der Waals surface area contributed by atoms with E-state index in [0.717, 1.165) is 45.3 Å². The Balaban J connectivity index is 1.34. The minimum absolute atomic E-state index is 0.0676. The molecule has 0 saturated carbocycles. The van der Waals surface area contributed by atoms with Gasteiger partial charge in [0.25, 0.3) is 5.56 Å². The van der Waals surface area contributed by atoms with E-state index in [1.807, 2.05) is 4.90 Å². The highest BCUT2D eigenvalue weighted by Gasteiger charge is 2.42. The number of likely N-dealkylation sites (tertiary alicyclic amines) is 2. The molecule has 0 radical (unpaired) electrons. The van der Waals surface area contributed by atoms with E-state index in [2.05, 4.69) is 4.98 Å². The molecule has 9 nitrogen and oxygen atoms in total. The third kappa shape index (κ3) is 4.44. The Kier molecular flexibility index (Phi) is 5.58. The van der Waals surface area contributed by atoms with Crippen LogP contribution in [0.1, 0.15) is 38.5 Å². The van der Waals surface area contributed by atoms with Crippen molar-refractivity contribution in [1.82, 2.24) is 19.4 Å². The van der Waals surface area contributed by atoms with Crippen molar-refractivity contribution in [1.29, 1.82) is 0 Å². The standard InChI is InChI=1S/C20H28N4O5/c25-16-4-8-23(19(28)21-16)13-18(27)22-9-6-20(7-10-22)5-3-17(26)24(14-20)12-15-2-1-11-29-15/h4,8,15H,1-3,5-7,9-14H2,(H,21,25,28)/t15-/m0/s1. The number of H-pyrrole nitrogens is 1. The molecule has 4 rings (SSSR count). The summed E-state index contributed by atoms with van der Waals surface area (Å²) in [6, 6.07) is 1.24. The molecule has 2 amide bonds. The van der Waals surface area contributed by atoms with Crippen LogP contribution in [0.5, 0.6) is 0 Å². The average Bonchev–Trinajstić information content (AvgIpc) is 3.21. The maximum atomic E-state index is 12.6. The van der Waals surface area contributed by atoms with Gasteiger partial charge in [-0.25, -0.2) is 4.79 Å². The lowest BCUT2D eigenvalue weighted by molar-refractivity contribution is -0.144. The second kappa shape index (κ2) is 8.14. The van der Waals surface area contributed by atoms with Crippen LogP contribution in [0.25, 0.3) is 0 Å². The molecule has 1 aromatic heterocycles. The number of carbonyl (C=O) groups excluding carboxylic acids is 2. The van der Waals surface area contributed by atoms with Crippen molar-refractivity contribution < 1.29 is 14.3 Å². The molecule has 1 atom stereocenters. The first-order valence-corrected chi connectivity index (χ1v) is 10.4. The first kappa shape index (κ1) is 19.9. The number of aromatic nitrogens is 2. The van der Waals surface area contributed by atoms with Gasteiger partial charge in [0.2, 0.25) is 11.8 Å². The van der Waals surface area contributed by atoms with Crippen molar-refractivity contribution in [2.45, 2.75) is 51.2 Å². The fourth-order valence-electron chi connectivity index (χ4n) is 4.76. The third-order valence-corrected chi connectivity index (χ3v) is 6.58. The Morgan fingerprint density at radius 1 is 1.21 bits per heavy atom. The molecule has 1 aromatic rings. The summed E-state index contributed by atoms with van der Waals surface area (Å²) in [5.74, 6) is 0.0826. The van der Waals surface area contributed by atoms with Gasteiger partial charge in [0.1, 0.15) is 6.54 Å². The molecule has 29 heavy (non-hydrogen) atoms. The second-order valence-electron chi connectivity index (χ2n) is 8.53. The maximum absolute atomic E-state index is 12.6. The Bertz CT molecular complexity index is 877. The molecule has 9 heteroatoms. The van der Waals surface area contributed by atoms with E-state index in [1.54, 1.807) is 4.90 Å². The SMILES string of the molecule is O=C(Cn1ccc(=O)[nH]c1=O)N1CCC2(CCC(=O)N(C[C@@H]3CCCO3)C2)CC1. The summed E-state index contributed by atoms with van der Waals surface area (Å²) in [6.45, 7) is 3.38. The highest BCUT2D eigenvalue weighted by Crippen LogP contribution is 2.40. The van der Waals surface area contributed by atoms with Gasteiger partial charge in [0, 0.05) is 51.5 Å². The normalized spacial score (nSPS) is 24.3. The predicted octanol–water partition coefficient (Wildman–Crippen LogP) is -0.0532. The number of hydrogen-bond acceptors (Lipinski definition) is 5. The summed E-state index contributed by atoms with van der Waals surface area (Å²) in [5.41, 5.74) is -0.981. The Morgan fingerprint density at radius 3 is 2.69 bits per heavy atom. The Morgan fingerprint density at radius 2 is 2.00 bits per heavy atom. The third-order valence-electron chi connectivity index (χ3n) is 6.58. The van der Waals surface area contributed by atoms with E-state index in [1.165, 1.54) is 16.8 Å². The van der Waals surface area contributed by atoms with E-state index in [4.69, 9.17) is 4.74 Å². The molecule has 0 bridgehead atoms. The van der Waals surface area contributed by atoms with Crippen molar-refractivity contribution in [2.75, 3.05) is 32.8 Å². The predicted molar refractivity (Wildman–Crippen MR) is 104 cm³/mol. The van der Waals surface area contributed by atoms with Crippen LogP contribution in [-0.2, 0) is 20.9 Å². The first-order valence-electron chi connectivity index (χ1n) is 10.4. The van der Waals surface area contributed by atoms with Gasteiger partial charge < -0.3 is 14.5 Å². The number of rotatable bonds is 4. The number of nitrogens with zero attached hydrogens (tertiary/aromatic N) is 3. The maximum Gasteiger partial charge on any atom is 0.328 e. The zero-order valence-electron chi connectivity index (χ0n) is 16.6. The summed E-state index contributed by atoms with van der Waals surface area (Å²) in [7, 11) is 0. The van der Waals surface area contributed by atoms with Crippen LogP contribution in [-0.4, -0.2) is 70.1 Å². The van der Waals surface area contributed by atoms with Gasteiger partial charge >= 0.3 is 5.69 Å². The van der Waals surface area contributed by atoms with Crippen LogP contribution in [0.2, 0.25) is 0 Å². The first-order chi connectivity index (χ1) is 13.9. The number of aromatic amines is 1. The summed E-state index contributed by atoms with van der Waals surface area (Å²) < 4.78 is 6.92. The van der Waals surface area contributed by atoms with E-state index < -0.39 is 11.2 Å². The average molecular weight is 404 g/mol. The zero-order valence-corrected chi connectivity index (χ0v) is 16.6. The molecule has 3 aliphatic heterocycles. The lowest BCUT2D eigenvalue weighted by atomic mass is 9.72. The van der Waals surface area contributed by atoms with Crippen molar-refractivity contribution in [2.24, 2.45) is 5.41 Å². The topological polar surface area (TPSA) is 105 Å². The zero-order chi connectivity index (χ0) is 20.4. The van der Waals surface area contributed by atoms with Crippen LogP contribution in [0.4, 0.5) is 0 Å². The molecular formula is C20H28N4O5. The molecule has 4 heterocycles. The van der Waals surface area contributed by atoms with Gasteiger partial charge in [-0.2, -0.15) is 0 Å². The molecule has 1 N–H and O–H groups in total. The molecular weight excluding hydrogens is 376 g/mol. The van der Waals surface area contributed by atoms with Crippen LogP contribution >= 0.6 is 0 Å². The lowest BCUT2D eigenvalue weighted by Gasteiger charge is -2.47. The van der Waals surface area contributed by atoms with Crippen molar-refractivity contribution in [3.63, 3.8) is 0 Å². The van der Waals surface area contributed by atoms with Gasteiger partial charge in [-0.1, -0.05) is 0 Å². The minimum atomic E-state index is -0.574. The number of piperidine rings is 2. The van der Waals surface area contributed by atoms with Crippen molar-refractivity contribution in [3.05, 3.63) is 33.1 Å². The fourth-order valence-corrected chi connectivity index (χ4v) is 4.76. The van der Waals surface area contributed by atoms with E-state index in [-0.39, 0.29) is 29.9 Å².